The first-order valence-electron chi connectivity index (χ1n) is 7.68. The molecule has 0 aromatic carbocycles. The second-order valence-corrected chi connectivity index (χ2v) is 9.59. The summed E-state index contributed by atoms with van der Waals surface area (Å²) in [7, 11) is -3.19. The molecule has 2 atom stereocenters. The van der Waals surface area contributed by atoms with Crippen LogP contribution in [0.4, 0.5) is 0 Å². The van der Waals surface area contributed by atoms with Gasteiger partial charge in [-0.1, -0.05) is 0 Å². The predicted octanol–water partition coefficient (Wildman–Crippen LogP) is 1.12. The van der Waals surface area contributed by atoms with Crippen LogP contribution in [0.15, 0.2) is 5.38 Å². The third-order valence-electron chi connectivity index (χ3n) is 4.84. The number of hydrogen-bond acceptors (Lipinski definition) is 5. The van der Waals surface area contributed by atoms with E-state index in [1.54, 1.807) is 15.6 Å². The molecule has 1 amide bonds. The van der Waals surface area contributed by atoms with Crippen molar-refractivity contribution in [2.45, 2.75) is 56.5 Å². The predicted molar refractivity (Wildman–Crippen MR) is 82.9 cm³/mol. The van der Waals surface area contributed by atoms with Gasteiger partial charge in [0.2, 0.25) is 15.9 Å². The molecule has 3 aliphatic rings. The average Bonchev–Trinajstić information content (AvgIpc) is 3.04. The lowest BCUT2D eigenvalue weighted by Crippen LogP contribution is -2.41. The van der Waals surface area contributed by atoms with Crippen LogP contribution >= 0.6 is 11.3 Å². The van der Waals surface area contributed by atoms with Crippen LogP contribution in [-0.2, 0) is 21.4 Å². The third-order valence-corrected chi connectivity index (χ3v) is 8.08. The van der Waals surface area contributed by atoms with E-state index < -0.39 is 10.0 Å². The van der Waals surface area contributed by atoms with Gasteiger partial charge < -0.3 is 4.90 Å². The lowest BCUT2D eigenvalue weighted by Gasteiger charge is -2.24. The first-order chi connectivity index (χ1) is 10.5. The van der Waals surface area contributed by atoms with Crippen molar-refractivity contribution in [2.24, 2.45) is 0 Å². The van der Waals surface area contributed by atoms with Gasteiger partial charge in [-0.25, -0.2) is 13.4 Å². The van der Waals surface area contributed by atoms with Crippen LogP contribution in [0, 0.1) is 6.92 Å². The molecule has 0 unspecified atom stereocenters. The summed E-state index contributed by atoms with van der Waals surface area (Å²) in [5.41, 5.74) is 0.903. The smallest absolute Gasteiger partial charge is 0.224 e. The zero-order valence-electron chi connectivity index (χ0n) is 12.4. The van der Waals surface area contributed by atoms with E-state index in [-0.39, 0.29) is 23.2 Å². The molecule has 0 radical (unpaired) electrons. The third kappa shape index (κ3) is 2.28. The summed E-state index contributed by atoms with van der Waals surface area (Å²) in [5.74, 6) is 0.0522. The Morgan fingerprint density at radius 2 is 2.09 bits per heavy atom. The lowest BCUT2D eigenvalue weighted by molar-refractivity contribution is -0.129. The highest BCUT2D eigenvalue weighted by atomic mass is 32.2. The molecule has 1 aromatic rings. The molecule has 0 bridgehead atoms. The van der Waals surface area contributed by atoms with Gasteiger partial charge in [-0.2, -0.15) is 4.31 Å². The Balaban J connectivity index is 1.54. The number of carbonyl (C=O) groups excluding carboxylic acids is 1. The fraction of sp³-hybridized carbons (Fsp3) is 0.714. The molecular weight excluding hydrogens is 322 g/mol. The second kappa shape index (κ2) is 5.01. The minimum atomic E-state index is -3.19. The molecule has 22 heavy (non-hydrogen) atoms. The Kier molecular flexibility index (Phi) is 3.32. The molecular formula is C14H19N3O3S2. The summed E-state index contributed by atoms with van der Waals surface area (Å²) < 4.78 is 26.6. The fourth-order valence-electron chi connectivity index (χ4n) is 3.63. The first-order valence-corrected chi connectivity index (χ1v) is 10.1. The van der Waals surface area contributed by atoms with Crippen molar-refractivity contribution in [3.05, 3.63) is 16.1 Å². The van der Waals surface area contributed by atoms with E-state index in [0.717, 1.165) is 30.0 Å². The molecule has 1 aromatic heterocycles. The van der Waals surface area contributed by atoms with Crippen molar-refractivity contribution in [1.29, 1.82) is 0 Å². The molecule has 3 heterocycles. The van der Waals surface area contributed by atoms with Crippen LogP contribution in [0.2, 0.25) is 0 Å². The lowest BCUT2D eigenvalue weighted by atomic mass is 10.1. The van der Waals surface area contributed by atoms with Crippen LogP contribution in [0.5, 0.6) is 0 Å². The van der Waals surface area contributed by atoms with Crippen molar-refractivity contribution in [1.82, 2.24) is 14.2 Å². The number of aromatic nitrogens is 1. The van der Waals surface area contributed by atoms with Crippen LogP contribution in [0.1, 0.15) is 36.4 Å². The molecule has 2 saturated heterocycles. The molecule has 0 N–H and O–H groups in total. The maximum Gasteiger partial charge on any atom is 0.224 e. The summed E-state index contributed by atoms with van der Waals surface area (Å²) in [6.07, 6.45) is 2.60. The standard InChI is InChI=1S/C14H19N3O3S2/c1-9-15-10(8-21-9)7-16-12-4-5-17(13(12)6-14(16)18)22(19,20)11-2-3-11/h8,11-13H,2-7H2,1H3/t12-,13+/m1/s1. The summed E-state index contributed by atoms with van der Waals surface area (Å²) in [4.78, 5) is 18.6. The van der Waals surface area contributed by atoms with Crippen LogP contribution in [0.3, 0.4) is 0 Å². The van der Waals surface area contributed by atoms with E-state index >= 15 is 0 Å². The number of nitrogens with zero attached hydrogens (tertiary/aromatic N) is 3. The van der Waals surface area contributed by atoms with E-state index in [0.29, 0.717) is 19.5 Å². The van der Waals surface area contributed by atoms with Crippen molar-refractivity contribution in [2.75, 3.05) is 6.54 Å². The first kappa shape index (κ1) is 14.6. The Labute approximate surface area is 134 Å². The highest BCUT2D eigenvalue weighted by Gasteiger charge is 2.53. The average molecular weight is 341 g/mol. The summed E-state index contributed by atoms with van der Waals surface area (Å²) >= 11 is 1.58. The topological polar surface area (TPSA) is 70.6 Å². The zero-order chi connectivity index (χ0) is 15.5. The molecule has 1 aliphatic carbocycles. The number of carbonyl (C=O) groups is 1. The maximum atomic E-state index is 12.5. The highest BCUT2D eigenvalue weighted by Crippen LogP contribution is 2.40. The minimum Gasteiger partial charge on any atom is -0.332 e. The van der Waals surface area contributed by atoms with Gasteiger partial charge >= 0.3 is 0 Å². The highest BCUT2D eigenvalue weighted by molar-refractivity contribution is 7.90. The normalized spacial score (nSPS) is 29.3. The van der Waals surface area contributed by atoms with Gasteiger partial charge in [0.25, 0.3) is 0 Å². The van der Waals surface area contributed by atoms with Crippen molar-refractivity contribution < 1.29 is 13.2 Å². The number of amides is 1. The quantitative estimate of drug-likeness (QED) is 0.823. The van der Waals surface area contributed by atoms with Crippen LogP contribution in [0.25, 0.3) is 0 Å². The van der Waals surface area contributed by atoms with Gasteiger partial charge in [-0.3, -0.25) is 4.79 Å². The van der Waals surface area contributed by atoms with E-state index in [1.165, 1.54) is 0 Å². The molecule has 6 nitrogen and oxygen atoms in total. The van der Waals surface area contributed by atoms with Gasteiger partial charge in [0.15, 0.2) is 0 Å². The molecule has 2 aliphatic heterocycles. The van der Waals surface area contributed by atoms with Gasteiger partial charge in [0, 0.05) is 18.3 Å². The molecule has 8 heteroatoms. The summed E-state index contributed by atoms with van der Waals surface area (Å²) in [5, 5.41) is 2.77. The van der Waals surface area contributed by atoms with Gasteiger partial charge in [-0.15, -0.1) is 11.3 Å². The van der Waals surface area contributed by atoms with Crippen LogP contribution < -0.4 is 0 Å². The fourth-order valence-corrected chi connectivity index (χ4v) is 6.30. The Morgan fingerprint density at radius 1 is 1.32 bits per heavy atom. The molecule has 0 spiro atoms. The number of likely N-dealkylation sites (tertiary alicyclic amines) is 1. The van der Waals surface area contributed by atoms with E-state index in [4.69, 9.17) is 0 Å². The number of aryl methyl sites for hydroxylation is 1. The maximum absolute atomic E-state index is 12.5. The van der Waals surface area contributed by atoms with Crippen molar-refractivity contribution >= 4 is 27.3 Å². The zero-order valence-corrected chi connectivity index (χ0v) is 14.1. The van der Waals surface area contributed by atoms with Crippen LogP contribution in [-0.4, -0.2) is 52.4 Å². The molecule has 4 rings (SSSR count). The number of rotatable bonds is 4. The molecule has 120 valence electrons. The van der Waals surface area contributed by atoms with Gasteiger partial charge in [0.1, 0.15) is 0 Å². The number of thiazole rings is 1. The monoisotopic (exact) mass is 341 g/mol. The van der Waals surface area contributed by atoms with E-state index in [1.807, 2.05) is 17.2 Å². The largest absolute Gasteiger partial charge is 0.332 e. The number of sulfonamides is 1. The van der Waals surface area contributed by atoms with Gasteiger partial charge in [-0.05, 0) is 26.2 Å². The number of hydrogen-bond donors (Lipinski definition) is 0. The summed E-state index contributed by atoms with van der Waals surface area (Å²) in [6.45, 7) is 3.00. The Morgan fingerprint density at radius 3 is 2.73 bits per heavy atom. The Bertz CT molecular complexity index is 711. The Hall–Kier alpha value is -0.990. The molecule has 1 saturated carbocycles. The summed E-state index contributed by atoms with van der Waals surface area (Å²) in [6, 6.07) is -0.152. The van der Waals surface area contributed by atoms with E-state index in [9.17, 15) is 13.2 Å². The molecule has 3 fully saturated rings. The second-order valence-electron chi connectivity index (χ2n) is 6.36. The van der Waals surface area contributed by atoms with Gasteiger partial charge in [0.05, 0.1) is 34.6 Å². The number of fused-ring (bicyclic) bond motifs is 1. The van der Waals surface area contributed by atoms with Crippen molar-refractivity contribution in [3.63, 3.8) is 0 Å². The SMILES string of the molecule is Cc1nc(CN2C(=O)C[C@H]3[C@H]2CCN3S(=O)(=O)C2CC2)cs1. The minimum absolute atomic E-state index is 0.0167. The van der Waals surface area contributed by atoms with Crippen molar-refractivity contribution in [3.8, 4) is 0 Å². The van der Waals surface area contributed by atoms with E-state index in [2.05, 4.69) is 4.98 Å².